The van der Waals surface area contributed by atoms with E-state index < -0.39 is 17.7 Å². The number of aliphatic hydroxyl groups excluding tert-OH is 1. The van der Waals surface area contributed by atoms with Crippen LogP contribution in [0.2, 0.25) is 0 Å². The van der Waals surface area contributed by atoms with E-state index in [1.807, 2.05) is 0 Å². The number of nitrogens with one attached hydrogen (secondary N) is 1. The highest BCUT2D eigenvalue weighted by molar-refractivity contribution is 5.89. The number of hydrogen-bond acceptors (Lipinski definition) is 2. The van der Waals surface area contributed by atoms with Crippen molar-refractivity contribution in [1.82, 2.24) is 4.90 Å². The molecule has 0 bridgehead atoms. The molecule has 0 aliphatic rings. The maximum absolute atomic E-state index is 13.1. The molecule has 2 N–H and O–H groups in total. The van der Waals surface area contributed by atoms with Crippen LogP contribution in [-0.4, -0.2) is 36.2 Å². The molecule has 2 amide bonds. The minimum atomic E-state index is -0.842. The minimum Gasteiger partial charge on any atom is -0.395 e. The highest BCUT2D eigenvalue weighted by Gasteiger charge is 2.11. The summed E-state index contributed by atoms with van der Waals surface area (Å²) in [4.78, 5) is 12.6. The number of rotatable bonds is 3. The Morgan fingerprint density at radius 1 is 1.50 bits per heavy atom. The number of aliphatic hydroxyl groups is 1. The number of hydrogen-bond donors (Lipinski definition) is 2. The van der Waals surface area contributed by atoms with E-state index in [4.69, 9.17) is 5.11 Å². The molecule has 0 aromatic heterocycles. The Labute approximate surface area is 91.5 Å². The standard InChI is InChI=1S/C10H12F2N2O2/c1-14(4-5-15)10(16)13-9-3-2-7(11)6-8(9)12/h2-3,6,15H,4-5H2,1H3,(H,13,16). The van der Waals surface area contributed by atoms with Crippen molar-refractivity contribution in [3.63, 3.8) is 0 Å². The van der Waals surface area contributed by atoms with Crippen molar-refractivity contribution < 1.29 is 18.7 Å². The molecule has 0 saturated carbocycles. The van der Waals surface area contributed by atoms with E-state index in [0.717, 1.165) is 12.1 Å². The Kier molecular flexibility index (Phi) is 4.19. The van der Waals surface area contributed by atoms with Crippen LogP contribution in [0.25, 0.3) is 0 Å². The van der Waals surface area contributed by atoms with Gasteiger partial charge in [-0.25, -0.2) is 13.6 Å². The van der Waals surface area contributed by atoms with Gasteiger partial charge in [-0.2, -0.15) is 0 Å². The molecule has 0 fully saturated rings. The van der Waals surface area contributed by atoms with Crippen molar-refractivity contribution in [1.29, 1.82) is 0 Å². The first-order valence-corrected chi connectivity index (χ1v) is 4.62. The Morgan fingerprint density at radius 3 is 2.75 bits per heavy atom. The molecule has 1 aromatic rings. The van der Waals surface area contributed by atoms with Gasteiger partial charge in [-0.05, 0) is 12.1 Å². The molecule has 0 unspecified atom stereocenters. The van der Waals surface area contributed by atoms with Gasteiger partial charge in [-0.1, -0.05) is 0 Å². The average molecular weight is 230 g/mol. The largest absolute Gasteiger partial charge is 0.395 e. The molecule has 0 aliphatic carbocycles. The zero-order chi connectivity index (χ0) is 12.1. The zero-order valence-electron chi connectivity index (χ0n) is 8.70. The quantitative estimate of drug-likeness (QED) is 0.825. The van der Waals surface area contributed by atoms with Crippen molar-refractivity contribution in [2.75, 3.05) is 25.5 Å². The molecular weight excluding hydrogens is 218 g/mol. The van der Waals surface area contributed by atoms with Crippen molar-refractivity contribution in [2.24, 2.45) is 0 Å². The van der Waals surface area contributed by atoms with Crippen LogP contribution in [0.1, 0.15) is 0 Å². The Morgan fingerprint density at radius 2 is 2.19 bits per heavy atom. The molecule has 6 heteroatoms. The van der Waals surface area contributed by atoms with Crippen molar-refractivity contribution in [3.8, 4) is 0 Å². The third-order valence-corrected chi connectivity index (χ3v) is 1.95. The van der Waals surface area contributed by atoms with Gasteiger partial charge < -0.3 is 15.3 Å². The minimum absolute atomic E-state index is 0.101. The number of halogens is 2. The van der Waals surface area contributed by atoms with Gasteiger partial charge in [0, 0.05) is 19.7 Å². The van der Waals surface area contributed by atoms with Gasteiger partial charge >= 0.3 is 6.03 Å². The topological polar surface area (TPSA) is 52.6 Å². The molecule has 1 aromatic carbocycles. The van der Waals surface area contributed by atoms with E-state index in [2.05, 4.69) is 5.32 Å². The van der Waals surface area contributed by atoms with Gasteiger partial charge in [-0.15, -0.1) is 0 Å². The molecule has 1 rings (SSSR count). The fourth-order valence-corrected chi connectivity index (χ4v) is 1.05. The second kappa shape index (κ2) is 5.41. The van der Waals surface area contributed by atoms with Gasteiger partial charge in [0.1, 0.15) is 11.6 Å². The lowest BCUT2D eigenvalue weighted by atomic mass is 10.3. The van der Waals surface area contributed by atoms with Crippen LogP contribution in [0.15, 0.2) is 18.2 Å². The van der Waals surface area contributed by atoms with Crippen LogP contribution < -0.4 is 5.32 Å². The Hall–Kier alpha value is -1.69. The molecule has 0 saturated heterocycles. The number of carbonyl (C=O) groups excluding carboxylic acids is 1. The summed E-state index contributed by atoms with van der Waals surface area (Å²) in [6.07, 6.45) is 0. The van der Waals surface area contributed by atoms with E-state index >= 15 is 0 Å². The molecule has 0 atom stereocenters. The predicted molar refractivity (Wildman–Crippen MR) is 55.1 cm³/mol. The SMILES string of the molecule is CN(CCO)C(=O)Nc1ccc(F)cc1F. The van der Waals surface area contributed by atoms with Crippen LogP contribution in [0.4, 0.5) is 19.3 Å². The fraction of sp³-hybridized carbons (Fsp3) is 0.300. The molecule has 4 nitrogen and oxygen atoms in total. The number of benzene rings is 1. The van der Waals surface area contributed by atoms with E-state index in [1.54, 1.807) is 0 Å². The first kappa shape index (κ1) is 12.4. The summed E-state index contributed by atoms with van der Waals surface area (Å²) in [6, 6.07) is 2.29. The molecule has 0 aliphatic heterocycles. The van der Waals surface area contributed by atoms with Crippen LogP contribution in [0, 0.1) is 11.6 Å². The molecule has 88 valence electrons. The summed E-state index contributed by atoms with van der Waals surface area (Å²) >= 11 is 0. The second-order valence-corrected chi connectivity index (χ2v) is 3.20. The lowest BCUT2D eigenvalue weighted by molar-refractivity contribution is 0.202. The number of likely N-dealkylation sites (N-methyl/N-ethyl adjacent to an activating group) is 1. The van der Waals surface area contributed by atoms with E-state index in [0.29, 0.717) is 6.07 Å². The lowest BCUT2D eigenvalue weighted by Crippen LogP contribution is -2.33. The summed E-state index contributed by atoms with van der Waals surface area (Å²) in [5.74, 6) is -1.55. The molecule has 16 heavy (non-hydrogen) atoms. The fourth-order valence-electron chi connectivity index (χ4n) is 1.05. The maximum atomic E-state index is 13.1. The lowest BCUT2D eigenvalue weighted by Gasteiger charge is -2.16. The number of urea groups is 1. The molecular formula is C10H12F2N2O2. The molecule has 0 radical (unpaired) electrons. The van der Waals surface area contributed by atoms with Gasteiger partial charge in [-0.3, -0.25) is 0 Å². The van der Waals surface area contributed by atoms with Crippen LogP contribution in [0.5, 0.6) is 0 Å². The van der Waals surface area contributed by atoms with Crippen LogP contribution in [-0.2, 0) is 0 Å². The number of nitrogens with zero attached hydrogens (tertiary/aromatic N) is 1. The third-order valence-electron chi connectivity index (χ3n) is 1.95. The third kappa shape index (κ3) is 3.16. The van der Waals surface area contributed by atoms with Crippen LogP contribution in [0.3, 0.4) is 0 Å². The maximum Gasteiger partial charge on any atom is 0.321 e. The Balaban J connectivity index is 2.69. The highest BCUT2D eigenvalue weighted by Crippen LogP contribution is 2.15. The summed E-state index contributed by atoms with van der Waals surface area (Å²) < 4.78 is 25.7. The van der Waals surface area contributed by atoms with Crippen LogP contribution >= 0.6 is 0 Å². The predicted octanol–water partition coefficient (Wildman–Crippen LogP) is 1.42. The van der Waals surface area contributed by atoms with E-state index in [9.17, 15) is 13.6 Å². The van der Waals surface area contributed by atoms with Gasteiger partial charge in [0.25, 0.3) is 0 Å². The van der Waals surface area contributed by atoms with Gasteiger partial charge in [0.15, 0.2) is 0 Å². The number of amides is 2. The first-order valence-electron chi connectivity index (χ1n) is 4.62. The van der Waals surface area contributed by atoms with Gasteiger partial charge in [0.05, 0.1) is 12.3 Å². The van der Waals surface area contributed by atoms with E-state index in [1.165, 1.54) is 11.9 Å². The summed E-state index contributed by atoms with van der Waals surface area (Å²) in [5, 5.41) is 10.9. The van der Waals surface area contributed by atoms with Crippen molar-refractivity contribution in [3.05, 3.63) is 29.8 Å². The number of carbonyl (C=O) groups is 1. The number of anilines is 1. The average Bonchev–Trinajstić information content (AvgIpc) is 2.22. The van der Waals surface area contributed by atoms with Crippen molar-refractivity contribution >= 4 is 11.7 Å². The summed E-state index contributed by atoms with van der Waals surface area (Å²) in [5.41, 5.74) is -0.101. The summed E-state index contributed by atoms with van der Waals surface area (Å²) in [7, 11) is 1.45. The second-order valence-electron chi connectivity index (χ2n) is 3.20. The first-order chi connectivity index (χ1) is 7.54. The normalized spacial score (nSPS) is 10.0. The van der Waals surface area contributed by atoms with Crippen molar-refractivity contribution in [2.45, 2.75) is 0 Å². The monoisotopic (exact) mass is 230 g/mol. The molecule has 0 spiro atoms. The smallest absolute Gasteiger partial charge is 0.321 e. The van der Waals surface area contributed by atoms with E-state index in [-0.39, 0.29) is 18.8 Å². The zero-order valence-corrected chi connectivity index (χ0v) is 8.70. The Bertz CT molecular complexity index is 385. The molecule has 0 heterocycles. The highest BCUT2D eigenvalue weighted by atomic mass is 19.1. The van der Waals surface area contributed by atoms with Gasteiger partial charge in [0.2, 0.25) is 0 Å². The summed E-state index contributed by atoms with van der Waals surface area (Å²) in [6.45, 7) is -0.0511.